The van der Waals surface area contributed by atoms with Crippen molar-refractivity contribution >= 4 is 0 Å². The van der Waals surface area contributed by atoms with E-state index in [9.17, 15) is 0 Å². The first-order chi connectivity index (χ1) is 7.27. The molecule has 0 aliphatic carbocycles. The highest BCUT2D eigenvalue weighted by Gasteiger charge is 2.08. The Morgan fingerprint density at radius 1 is 1.60 bits per heavy atom. The highest BCUT2D eigenvalue weighted by molar-refractivity contribution is 5.14. The van der Waals surface area contributed by atoms with Crippen LogP contribution in [0.4, 0.5) is 0 Å². The molecule has 0 saturated carbocycles. The second kappa shape index (κ2) is 4.31. The van der Waals surface area contributed by atoms with Crippen LogP contribution in [0.2, 0.25) is 0 Å². The average Bonchev–Trinajstić information content (AvgIpc) is 2.85. The summed E-state index contributed by atoms with van der Waals surface area (Å²) in [5, 5.41) is 10.3. The van der Waals surface area contributed by atoms with Crippen LogP contribution in [0.3, 0.4) is 0 Å². The zero-order chi connectivity index (χ0) is 10.7. The number of furan rings is 1. The predicted octanol–water partition coefficient (Wildman–Crippen LogP) is 2.16. The Kier molecular flexibility index (Phi) is 2.87. The minimum Gasteiger partial charge on any atom is -0.468 e. The van der Waals surface area contributed by atoms with E-state index >= 15 is 0 Å². The van der Waals surface area contributed by atoms with Gasteiger partial charge in [-0.25, -0.2) is 0 Å². The fourth-order valence-electron chi connectivity index (χ4n) is 1.46. The van der Waals surface area contributed by atoms with Gasteiger partial charge in [0.15, 0.2) is 0 Å². The molecular formula is C11H15N3O. The summed E-state index contributed by atoms with van der Waals surface area (Å²) in [5.41, 5.74) is 2.29. The number of hydrogen-bond acceptors (Lipinski definition) is 3. The zero-order valence-electron chi connectivity index (χ0n) is 8.95. The van der Waals surface area contributed by atoms with Crippen LogP contribution < -0.4 is 5.32 Å². The summed E-state index contributed by atoms with van der Waals surface area (Å²) in [4.78, 5) is 0. The molecule has 0 fully saturated rings. The first kappa shape index (κ1) is 9.98. The van der Waals surface area contributed by atoms with Gasteiger partial charge in [-0.15, -0.1) is 0 Å². The Morgan fingerprint density at radius 3 is 3.07 bits per heavy atom. The van der Waals surface area contributed by atoms with E-state index in [1.165, 1.54) is 5.56 Å². The number of aromatic nitrogens is 2. The lowest BCUT2D eigenvalue weighted by molar-refractivity contribution is 0.430. The van der Waals surface area contributed by atoms with Gasteiger partial charge in [0.2, 0.25) is 0 Å². The molecule has 15 heavy (non-hydrogen) atoms. The molecule has 0 aliphatic heterocycles. The molecular weight excluding hydrogens is 190 g/mol. The molecule has 0 saturated heterocycles. The van der Waals surface area contributed by atoms with Crippen molar-refractivity contribution in [2.75, 3.05) is 0 Å². The molecule has 2 rings (SSSR count). The number of hydrogen-bond donors (Lipinski definition) is 2. The van der Waals surface area contributed by atoms with Crippen LogP contribution >= 0.6 is 0 Å². The van der Waals surface area contributed by atoms with Crippen molar-refractivity contribution in [1.82, 2.24) is 15.5 Å². The van der Waals surface area contributed by atoms with Gasteiger partial charge in [-0.2, -0.15) is 5.10 Å². The fraction of sp³-hybridized carbons (Fsp3) is 0.364. The van der Waals surface area contributed by atoms with Crippen molar-refractivity contribution in [2.24, 2.45) is 0 Å². The summed E-state index contributed by atoms with van der Waals surface area (Å²) >= 11 is 0. The molecule has 2 N–H and O–H groups in total. The Balaban J connectivity index is 1.91. The van der Waals surface area contributed by atoms with Crippen molar-refractivity contribution in [3.8, 4) is 0 Å². The summed E-state index contributed by atoms with van der Waals surface area (Å²) in [5.74, 6) is 0.955. The molecule has 0 amide bonds. The zero-order valence-corrected chi connectivity index (χ0v) is 8.95. The Hall–Kier alpha value is -1.55. The van der Waals surface area contributed by atoms with Gasteiger partial charge in [-0.05, 0) is 26.0 Å². The lowest BCUT2D eigenvalue weighted by atomic mass is 10.2. The monoisotopic (exact) mass is 205 g/mol. The maximum absolute atomic E-state index is 5.31. The van der Waals surface area contributed by atoms with Gasteiger partial charge in [-0.1, -0.05) is 0 Å². The minimum absolute atomic E-state index is 0.217. The Bertz CT molecular complexity index is 405. The lowest BCUT2D eigenvalue weighted by Crippen LogP contribution is -2.17. The Morgan fingerprint density at radius 2 is 2.47 bits per heavy atom. The van der Waals surface area contributed by atoms with Crippen LogP contribution in [0.15, 0.2) is 29.0 Å². The summed E-state index contributed by atoms with van der Waals surface area (Å²) < 4.78 is 5.31. The van der Waals surface area contributed by atoms with Gasteiger partial charge in [-0.3, -0.25) is 5.10 Å². The van der Waals surface area contributed by atoms with E-state index in [-0.39, 0.29) is 6.04 Å². The molecule has 2 aromatic rings. The first-order valence-electron chi connectivity index (χ1n) is 5.03. The maximum Gasteiger partial charge on any atom is 0.120 e. The summed E-state index contributed by atoms with van der Waals surface area (Å²) in [7, 11) is 0. The van der Waals surface area contributed by atoms with Gasteiger partial charge < -0.3 is 9.73 Å². The number of aromatic amines is 1. The second-order valence-corrected chi connectivity index (χ2v) is 3.64. The maximum atomic E-state index is 5.31. The molecule has 4 heteroatoms. The van der Waals surface area contributed by atoms with Crippen LogP contribution in [0, 0.1) is 6.92 Å². The number of nitrogens with one attached hydrogen (secondary N) is 2. The van der Waals surface area contributed by atoms with Crippen molar-refractivity contribution < 1.29 is 4.42 Å². The fourth-order valence-corrected chi connectivity index (χ4v) is 1.46. The summed E-state index contributed by atoms with van der Waals surface area (Å²) in [6.45, 7) is 4.89. The quantitative estimate of drug-likeness (QED) is 0.804. The second-order valence-electron chi connectivity index (χ2n) is 3.64. The third-order valence-corrected chi connectivity index (χ3v) is 2.50. The van der Waals surface area contributed by atoms with Crippen molar-refractivity contribution in [3.05, 3.63) is 41.6 Å². The molecule has 2 aromatic heterocycles. The minimum atomic E-state index is 0.217. The standard InChI is InChI=1S/C11H15N3O/c1-8-10(7-13-14-8)6-12-9(2)11-4-3-5-15-11/h3-5,7,9,12H,6H2,1-2H3,(H,13,14)/t9-/m1/s1. The normalized spacial score (nSPS) is 12.9. The van der Waals surface area contributed by atoms with Gasteiger partial charge in [0.05, 0.1) is 18.5 Å². The smallest absolute Gasteiger partial charge is 0.120 e. The molecule has 0 bridgehead atoms. The molecule has 1 atom stereocenters. The van der Waals surface area contributed by atoms with Crippen LogP contribution in [-0.4, -0.2) is 10.2 Å². The van der Waals surface area contributed by atoms with E-state index < -0.39 is 0 Å². The van der Waals surface area contributed by atoms with Crippen LogP contribution in [-0.2, 0) is 6.54 Å². The van der Waals surface area contributed by atoms with Crippen LogP contribution in [0.25, 0.3) is 0 Å². The number of aryl methyl sites for hydroxylation is 1. The SMILES string of the molecule is Cc1[nH]ncc1CN[C@H](C)c1ccco1. The molecule has 0 aliphatic rings. The number of rotatable bonds is 4. The van der Waals surface area contributed by atoms with E-state index in [2.05, 4.69) is 22.4 Å². The van der Waals surface area contributed by atoms with Gasteiger partial charge >= 0.3 is 0 Å². The predicted molar refractivity (Wildman–Crippen MR) is 57.3 cm³/mol. The molecule has 0 spiro atoms. The average molecular weight is 205 g/mol. The molecule has 80 valence electrons. The molecule has 2 heterocycles. The van der Waals surface area contributed by atoms with E-state index in [4.69, 9.17) is 4.42 Å². The topological polar surface area (TPSA) is 53.9 Å². The highest BCUT2D eigenvalue weighted by atomic mass is 16.3. The molecule has 0 radical (unpaired) electrons. The van der Waals surface area contributed by atoms with Gasteiger partial charge in [0.25, 0.3) is 0 Å². The van der Waals surface area contributed by atoms with E-state index in [1.807, 2.05) is 25.3 Å². The molecule has 0 unspecified atom stereocenters. The van der Waals surface area contributed by atoms with Gasteiger partial charge in [0, 0.05) is 17.8 Å². The third kappa shape index (κ3) is 2.27. The summed E-state index contributed by atoms with van der Waals surface area (Å²) in [6.07, 6.45) is 3.54. The van der Waals surface area contributed by atoms with E-state index in [0.717, 1.165) is 18.0 Å². The van der Waals surface area contributed by atoms with Crippen LogP contribution in [0.1, 0.15) is 30.0 Å². The van der Waals surface area contributed by atoms with Crippen LogP contribution in [0.5, 0.6) is 0 Å². The Labute approximate surface area is 88.7 Å². The third-order valence-electron chi connectivity index (χ3n) is 2.50. The highest BCUT2D eigenvalue weighted by Crippen LogP contribution is 2.13. The largest absolute Gasteiger partial charge is 0.468 e. The molecule has 4 nitrogen and oxygen atoms in total. The first-order valence-corrected chi connectivity index (χ1v) is 5.03. The van der Waals surface area contributed by atoms with Crippen molar-refractivity contribution in [1.29, 1.82) is 0 Å². The lowest BCUT2D eigenvalue weighted by Gasteiger charge is -2.10. The van der Waals surface area contributed by atoms with E-state index in [0.29, 0.717) is 0 Å². The molecule has 0 aromatic carbocycles. The van der Waals surface area contributed by atoms with E-state index in [1.54, 1.807) is 6.26 Å². The van der Waals surface area contributed by atoms with Crippen molar-refractivity contribution in [2.45, 2.75) is 26.4 Å². The van der Waals surface area contributed by atoms with Gasteiger partial charge in [0.1, 0.15) is 5.76 Å². The number of H-pyrrole nitrogens is 1. The van der Waals surface area contributed by atoms with Crippen molar-refractivity contribution in [3.63, 3.8) is 0 Å². The number of nitrogens with zero attached hydrogens (tertiary/aromatic N) is 1. The summed E-state index contributed by atoms with van der Waals surface area (Å²) in [6, 6.07) is 4.09.